The molecule has 1 aliphatic heterocycles. The van der Waals surface area contributed by atoms with Gasteiger partial charge in [0.15, 0.2) is 5.82 Å². The number of piperazine rings is 1. The minimum absolute atomic E-state index is 0.320. The largest absolute Gasteiger partial charge is 0.301 e. The third-order valence-corrected chi connectivity index (χ3v) is 6.66. The van der Waals surface area contributed by atoms with Gasteiger partial charge in [0.05, 0.1) is 6.04 Å². The van der Waals surface area contributed by atoms with Crippen LogP contribution >= 0.6 is 0 Å². The zero-order valence-corrected chi connectivity index (χ0v) is 19.6. The molecule has 5 rings (SSSR count). The van der Waals surface area contributed by atoms with Crippen LogP contribution < -0.4 is 0 Å². The Labute approximate surface area is 201 Å². The Balaban J connectivity index is 1.12. The molecule has 0 radical (unpaired) electrons. The minimum Gasteiger partial charge on any atom is -0.301 e. The summed E-state index contributed by atoms with van der Waals surface area (Å²) in [6.07, 6.45) is 2.22. The van der Waals surface area contributed by atoms with Crippen molar-refractivity contribution in [1.82, 2.24) is 30.0 Å². The van der Waals surface area contributed by atoms with Crippen molar-refractivity contribution >= 4 is 0 Å². The van der Waals surface area contributed by atoms with E-state index in [9.17, 15) is 0 Å². The lowest BCUT2D eigenvalue weighted by atomic mass is 9.96. The molecule has 0 amide bonds. The Hall–Kier alpha value is -3.35. The zero-order chi connectivity index (χ0) is 23.0. The van der Waals surface area contributed by atoms with Crippen molar-refractivity contribution in [3.8, 4) is 11.4 Å². The number of benzene rings is 3. The smallest absolute Gasteiger partial charge is 0.182 e. The van der Waals surface area contributed by atoms with Crippen LogP contribution in [0.5, 0.6) is 0 Å². The number of rotatable bonds is 9. The zero-order valence-electron chi connectivity index (χ0n) is 19.6. The predicted molar refractivity (Wildman–Crippen MR) is 135 cm³/mol. The molecule has 4 aromatic rings. The molecule has 0 spiro atoms. The molecule has 3 aromatic carbocycles. The standard InChI is InChI=1S/C28H32N6/c1-4-12-24(13-5-1)27(25-14-6-2-7-15-25)33-22-20-32(21-23-33)18-10-11-19-34-28(29-30-31-34)26-16-8-3-9-17-26/h1-9,12-17,27H,10-11,18-23H2. The van der Waals surface area contributed by atoms with Gasteiger partial charge in [-0.15, -0.1) is 5.10 Å². The number of hydrogen-bond acceptors (Lipinski definition) is 5. The molecule has 6 heteroatoms. The number of tetrazole rings is 1. The lowest BCUT2D eigenvalue weighted by Gasteiger charge is -2.39. The van der Waals surface area contributed by atoms with E-state index in [2.05, 4.69) is 98.1 Å². The van der Waals surface area contributed by atoms with E-state index in [1.54, 1.807) is 0 Å². The first-order valence-corrected chi connectivity index (χ1v) is 12.3. The Morgan fingerprint density at radius 1 is 0.647 bits per heavy atom. The van der Waals surface area contributed by atoms with Gasteiger partial charge in [0.1, 0.15) is 0 Å². The number of unbranched alkanes of at least 4 members (excludes halogenated alkanes) is 1. The van der Waals surface area contributed by atoms with E-state index in [1.807, 2.05) is 22.9 Å². The molecule has 1 aliphatic rings. The molecule has 1 fully saturated rings. The van der Waals surface area contributed by atoms with Crippen molar-refractivity contribution in [3.63, 3.8) is 0 Å². The first kappa shape index (κ1) is 22.4. The Kier molecular flexibility index (Phi) is 7.38. The third kappa shape index (κ3) is 5.41. The van der Waals surface area contributed by atoms with Crippen molar-refractivity contribution in [2.45, 2.75) is 25.4 Å². The Morgan fingerprint density at radius 2 is 1.21 bits per heavy atom. The molecular weight excluding hydrogens is 420 g/mol. The van der Waals surface area contributed by atoms with Crippen molar-refractivity contribution < 1.29 is 0 Å². The molecule has 0 saturated carbocycles. The molecule has 2 heterocycles. The fraction of sp³-hybridized carbons (Fsp3) is 0.321. The van der Waals surface area contributed by atoms with Gasteiger partial charge in [-0.2, -0.15) is 0 Å². The molecule has 34 heavy (non-hydrogen) atoms. The SMILES string of the molecule is c1ccc(-c2nnnn2CCCCN2CCN(C(c3ccccc3)c3ccccc3)CC2)cc1. The third-order valence-electron chi connectivity index (χ3n) is 6.66. The molecule has 0 aliphatic carbocycles. The van der Waals surface area contributed by atoms with Gasteiger partial charge < -0.3 is 4.90 Å². The maximum Gasteiger partial charge on any atom is 0.182 e. The second kappa shape index (κ2) is 11.2. The summed E-state index contributed by atoms with van der Waals surface area (Å²) in [6, 6.07) is 32.3. The maximum absolute atomic E-state index is 4.22. The van der Waals surface area contributed by atoms with Crippen LogP contribution in [-0.2, 0) is 6.54 Å². The van der Waals surface area contributed by atoms with Gasteiger partial charge in [-0.3, -0.25) is 4.90 Å². The van der Waals surface area contributed by atoms with Crippen molar-refractivity contribution in [1.29, 1.82) is 0 Å². The molecule has 1 aromatic heterocycles. The fourth-order valence-corrected chi connectivity index (χ4v) is 4.88. The van der Waals surface area contributed by atoms with Gasteiger partial charge in [0, 0.05) is 38.3 Å². The number of hydrogen-bond donors (Lipinski definition) is 0. The molecule has 6 nitrogen and oxygen atoms in total. The number of nitrogens with zero attached hydrogens (tertiary/aromatic N) is 6. The fourth-order valence-electron chi connectivity index (χ4n) is 4.88. The van der Waals surface area contributed by atoms with Gasteiger partial charge in [0.2, 0.25) is 0 Å². The second-order valence-corrected chi connectivity index (χ2v) is 8.90. The van der Waals surface area contributed by atoms with Crippen molar-refractivity contribution in [2.24, 2.45) is 0 Å². The average molecular weight is 453 g/mol. The molecule has 0 N–H and O–H groups in total. The van der Waals surface area contributed by atoms with E-state index in [1.165, 1.54) is 11.1 Å². The van der Waals surface area contributed by atoms with Crippen LogP contribution in [0.4, 0.5) is 0 Å². The van der Waals surface area contributed by atoms with E-state index in [4.69, 9.17) is 0 Å². The normalized spacial score (nSPS) is 15.1. The van der Waals surface area contributed by atoms with Gasteiger partial charge in [0.25, 0.3) is 0 Å². The van der Waals surface area contributed by atoms with Crippen molar-refractivity contribution in [2.75, 3.05) is 32.7 Å². The quantitative estimate of drug-likeness (QED) is 0.349. The highest BCUT2D eigenvalue weighted by Crippen LogP contribution is 2.29. The number of aromatic nitrogens is 4. The second-order valence-electron chi connectivity index (χ2n) is 8.90. The lowest BCUT2D eigenvalue weighted by molar-refractivity contribution is 0.108. The Morgan fingerprint density at radius 3 is 1.82 bits per heavy atom. The highest BCUT2D eigenvalue weighted by Gasteiger charge is 2.26. The van der Waals surface area contributed by atoms with E-state index in [0.29, 0.717) is 6.04 Å². The molecule has 174 valence electrons. The molecule has 0 atom stereocenters. The summed E-state index contributed by atoms with van der Waals surface area (Å²) in [5, 5.41) is 12.3. The first-order valence-electron chi connectivity index (χ1n) is 12.3. The summed E-state index contributed by atoms with van der Waals surface area (Å²) >= 11 is 0. The van der Waals surface area contributed by atoms with Crippen LogP contribution in [0.25, 0.3) is 11.4 Å². The summed E-state index contributed by atoms with van der Waals surface area (Å²) in [7, 11) is 0. The summed E-state index contributed by atoms with van der Waals surface area (Å²) in [5.74, 6) is 0.849. The predicted octanol–water partition coefficient (Wildman–Crippen LogP) is 4.53. The van der Waals surface area contributed by atoms with Crippen LogP contribution in [0.15, 0.2) is 91.0 Å². The average Bonchev–Trinajstić information content (AvgIpc) is 3.38. The highest BCUT2D eigenvalue weighted by atomic mass is 15.5. The summed E-state index contributed by atoms with van der Waals surface area (Å²) in [4.78, 5) is 5.23. The number of aryl methyl sites for hydroxylation is 1. The molecule has 0 unspecified atom stereocenters. The summed E-state index contributed by atoms with van der Waals surface area (Å²) in [5.41, 5.74) is 3.81. The van der Waals surface area contributed by atoms with Crippen LogP contribution in [0.3, 0.4) is 0 Å². The monoisotopic (exact) mass is 452 g/mol. The van der Waals surface area contributed by atoms with Gasteiger partial charge in [-0.05, 0) is 40.9 Å². The topological polar surface area (TPSA) is 50.1 Å². The van der Waals surface area contributed by atoms with Crippen LogP contribution in [0.1, 0.15) is 30.0 Å². The van der Waals surface area contributed by atoms with Gasteiger partial charge >= 0.3 is 0 Å². The molecule has 1 saturated heterocycles. The first-order chi connectivity index (χ1) is 16.9. The van der Waals surface area contributed by atoms with Crippen LogP contribution in [0, 0.1) is 0 Å². The molecular formula is C28H32N6. The summed E-state index contributed by atoms with van der Waals surface area (Å²) in [6.45, 7) is 6.35. The minimum atomic E-state index is 0.320. The highest BCUT2D eigenvalue weighted by molar-refractivity contribution is 5.53. The van der Waals surface area contributed by atoms with Crippen molar-refractivity contribution in [3.05, 3.63) is 102 Å². The van der Waals surface area contributed by atoms with Crippen LogP contribution in [-0.4, -0.2) is 62.7 Å². The van der Waals surface area contributed by atoms with Gasteiger partial charge in [-0.1, -0.05) is 91.0 Å². The molecule has 0 bridgehead atoms. The van der Waals surface area contributed by atoms with E-state index in [0.717, 1.165) is 63.5 Å². The van der Waals surface area contributed by atoms with Gasteiger partial charge in [-0.25, -0.2) is 4.68 Å². The van der Waals surface area contributed by atoms with E-state index < -0.39 is 0 Å². The van der Waals surface area contributed by atoms with Crippen LogP contribution in [0.2, 0.25) is 0 Å². The van der Waals surface area contributed by atoms with E-state index in [-0.39, 0.29) is 0 Å². The van der Waals surface area contributed by atoms with E-state index >= 15 is 0 Å². The Bertz CT molecular complexity index is 1080. The maximum atomic E-state index is 4.22. The summed E-state index contributed by atoms with van der Waals surface area (Å²) < 4.78 is 1.93. The lowest BCUT2D eigenvalue weighted by Crippen LogP contribution is -2.48.